The van der Waals surface area contributed by atoms with E-state index in [1.807, 2.05) is 0 Å². The number of aliphatic hydroxyl groups is 1. The lowest BCUT2D eigenvalue weighted by molar-refractivity contribution is 0.0660. The molecule has 0 aliphatic heterocycles. The molecule has 0 atom stereocenters. The Morgan fingerprint density at radius 2 is 2.25 bits per heavy atom. The van der Waals surface area contributed by atoms with Gasteiger partial charge in [-0.15, -0.1) is 0 Å². The highest BCUT2D eigenvalue weighted by molar-refractivity contribution is 5.84. The maximum atomic E-state index is 10.5. The molecule has 1 aromatic heterocycles. The Balaban J connectivity index is 2.14. The molecule has 6 nitrogen and oxygen atoms in total. The first-order valence-electron chi connectivity index (χ1n) is 4.95. The molecular weight excluding hydrogens is 214 g/mol. The Morgan fingerprint density at radius 3 is 2.88 bits per heavy atom. The van der Waals surface area contributed by atoms with Gasteiger partial charge in [0.1, 0.15) is 5.76 Å². The molecule has 1 rings (SSSR count). The third-order valence-electron chi connectivity index (χ3n) is 1.83. The van der Waals surface area contributed by atoms with Gasteiger partial charge in [-0.1, -0.05) is 0 Å². The van der Waals surface area contributed by atoms with Gasteiger partial charge in [0.2, 0.25) is 5.76 Å². The van der Waals surface area contributed by atoms with E-state index in [-0.39, 0.29) is 12.4 Å². The lowest BCUT2D eigenvalue weighted by atomic mass is 10.4. The molecular formula is C10H15NO5. The van der Waals surface area contributed by atoms with E-state index in [2.05, 4.69) is 5.32 Å². The number of rotatable bonds is 8. The molecule has 0 bridgehead atoms. The molecule has 0 aliphatic carbocycles. The lowest BCUT2D eigenvalue weighted by Gasteiger charge is -2.03. The van der Waals surface area contributed by atoms with Crippen LogP contribution >= 0.6 is 0 Å². The Bertz CT molecular complexity index is 323. The van der Waals surface area contributed by atoms with Crippen molar-refractivity contribution >= 4 is 5.97 Å². The third-order valence-corrected chi connectivity index (χ3v) is 1.83. The van der Waals surface area contributed by atoms with Crippen LogP contribution in [0.5, 0.6) is 0 Å². The minimum Gasteiger partial charge on any atom is -0.475 e. The molecule has 0 amide bonds. The van der Waals surface area contributed by atoms with Crippen molar-refractivity contribution in [2.45, 2.75) is 6.54 Å². The molecule has 16 heavy (non-hydrogen) atoms. The van der Waals surface area contributed by atoms with Crippen LogP contribution in [0.4, 0.5) is 0 Å². The van der Waals surface area contributed by atoms with E-state index in [1.54, 1.807) is 6.07 Å². The largest absolute Gasteiger partial charge is 0.475 e. The van der Waals surface area contributed by atoms with E-state index in [9.17, 15) is 4.79 Å². The molecule has 0 aliphatic rings. The summed E-state index contributed by atoms with van der Waals surface area (Å²) in [5.41, 5.74) is 0. The molecule has 0 aromatic carbocycles. The van der Waals surface area contributed by atoms with E-state index < -0.39 is 5.97 Å². The predicted octanol–water partition coefficient (Wildman–Crippen LogP) is 0.0763. The van der Waals surface area contributed by atoms with Crippen molar-refractivity contribution in [1.82, 2.24) is 5.32 Å². The molecule has 6 heteroatoms. The second-order valence-electron chi connectivity index (χ2n) is 3.08. The Hall–Kier alpha value is -1.37. The number of aromatic carboxylic acids is 1. The van der Waals surface area contributed by atoms with Crippen LogP contribution in [0.15, 0.2) is 16.5 Å². The first-order chi connectivity index (χ1) is 7.74. The molecule has 0 saturated carbocycles. The number of aliphatic hydroxyl groups excluding tert-OH is 1. The maximum Gasteiger partial charge on any atom is 0.371 e. The van der Waals surface area contributed by atoms with Crippen LogP contribution in [0.3, 0.4) is 0 Å². The van der Waals surface area contributed by atoms with Crippen molar-refractivity contribution < 1.29 is 24.2 Å². The molecule has 3 N–H and O–H groups in total. The van der Waals surface area contributed by atoms with Crippen molar-refractivity contribution in [2.75, 3.05) is 26.4 Å². The molecule has 1 aromatic rings. The van der Waals surface area contributed by atoms with Crippen LogP contribution in [0, 0.1) is 0 Å². The summed E-state index contributed by atoms with van der Waals surface area (Å²) in [7, 11) is 0. The molecule has 90 valence electrons. The number of ether oxygens (including phenoxy) is 1. The average molecular weight is 229 g/mol. The molecule has 0 spiro atoms. The fourth-order valence-corrected chi connectivity index (χ4v) is 1.11. The zero-order valence-corrected chi connectivity index (χ0v) is 8.81. The van der Waals surface area contributed by atoms with Gasteiger partial charge < -0.3 is 24.7 Å². The summed E-state index contributed by atoms with van der Waals surface area (Å²) < 4.78 is 10.1. The number of hydrogen-bond donors (Lipinski definition) is 3. The van der Waals surface area contributed by atoms with E-state index in [4.69, 9.17) is 19.4 Å². The van der Waals surface area contributed by atoms with E-state index in [0.29, 0.717) is 32.1 Å². The van der Waals surface area contributed by atoms with Crippen molar-refractivity contribution in [3.05, 3.63) is 23.7 Å². The summed E-state index contributed by atoms with van der Waals surface area (Å²) in [6, 6.07) is 3.03. The number of carbonyl (C=O) groups is 1. The highest BCUT2D eigenvalue weighted by Gasteiger charge is 2.07. The second kappa shape index (κ2) is 7.00. The number of hydrogen-bond acceptors (Lipinski definition) is 5. The third kappa shape index (κ3) is 4.43. The van der Waals surface area contributed by atoms with Crippen LogP contribution in [0.2, 0.25) is 0 Å². The van der Waals surface area contributed by atoms with Gasteiger partial charge in [-0.25, -0.2) is 4.79 Å². The summed E-state index contributed by atoms with van der Waals surface area (Å²) in [4.78, 5) is 10.5. The predicted molar refractivity (Wildman–Crippen MR) is 55.3 cm³/mol. The van der Waals surface area contributed by atoms with Gasteiger partial charge in [0.25, 0.3) is 0 Å². The van der Waals surface area contributed by atoms with Crippen molar-refractivity contribution in [3.63, 3.8) is 0 Å². The number of nitrogens with one attached hydrogen (secondary N) is 1. The fourth-order valence-electron chi connectivity index (χ4n) is 1.11. The Morgan fingerprint density at radius 1 is 1.44 bits per heavy atom. The number of furan rings is 1. The van der Waals surface area contributed by atoms with Gasteiger partial charge in [0, 0.05) is 6.54 Å². The van der Waals surface area contributed by atoms with Gasteiger partial charge >= 0.3 is 5.97 Å². The summed E-state index contributed by atoms with van der Waals surface area (Å²) in [5.74, 6) is -0.564. The van der Waals surface area contributed by atoms with Crippen LogP contribution in [-0.4, -0.2) is 42.5 Å². The zero-order valence-electron chi connectivity index (χ0n) is 8.81. The Kier molecular flexibility index (Phi) is 5.55. The van der Waals surface area contributed by atoms with E-state index in [1.165, 1.54) is 6.07 Å². The SMILES string of the molecule is O=C(O)c1ccc(CNCCOCCO)o1. The number of carboxylic acid groups (broad SMARTS) is 1. The van der Waals surface area contributed by atoms with Crippen LogP contribution in [0.25, 0.3) is 0 Å². The number of carboxylic acids is 1. The van der Waals surface area contributed by atoms with Crippen LogP contribution in [-0.2, 0) is 11.3 Å². The van der Waals surface area contributed by atoms with Gasteiger partial charge in [-0.3, -0.25) is 0 Å². The van der Waals surface area contributed by atoms with Crippen molar-refractivity contribution in [1.29, 1.82) is 0 Å². The van der Waals surface area contributed by atoms with Crippen LogP contribution in [0.1, 0.15) is 16.3 Å². The van der Waals surface area contributed by atoms with Gasteiger partial charge in [-0.2, -0.15) is 0 Å². The average Bonchev–Trinajstić information content (AvgIpc) is 2.72. The van der Waals surface area contributed by atoms with E-state index >= 15 is 0 Å². The minimum absolute atomic E-state index is 0.0140. The van der Waals surface area contributed by atoms with Crippen molar-refractivity contribution in [2.24, 2.45) is 0 Å². The highest BCUT2D eigenvalue weighted by Crippen LogP contribution is 2.06. The van der Waals surface area contributed by atoms with E-state index in [0.717, 1.165) is 0 Å². The highest BCUT2D eigenvalue weighted by atomic mass is 16.5. The standard InChI is InChI=1S/C10H15NO5/c12-4-6-15-5-3-11-7-8-1-2-9(16-8)10(13)14/h1-2,11-12H,3-7H2,(H,13,14). The summed E-state index contributed by atoms with van der Waals surface area (Å²) in [5, 5.41) is 20.1. The normalized spacial score (nSPS) is 10.6. The summed E-state index contributed by atoms with van der Waals surface area (Å²) >= 11 is 0. The molecule has 0 fully saturated rings. The smallest absolute Gasteiger partial charge is 0.371 e. The molecule has 1 heterocycles. The van der Waals surface area contributed by atoms with Gasteiger partial charge in [0.05, 0.1) is 26.4 Å². The molecule has 0 unspecified atom stereocenters. The first-order valence-corrected chi connectivity index (χ1v) is 4.95. The van der Waals surface area contributed by atoms with Gasteiger partial charge in [0.15, 0.2) is 0 Å². The quantitative estimate of drug-likeness (QED) is 0.547. The fraction of sp³-hybridized carbons (Fsp3) is 0.500. The zero-order chi connectivity index (χ0) is 11.8. The monoisotopic (exact) mass is 229 g/mol. The Labute approximate surface area is 92.8 Å². The first kappa shape index (κ1) is 12.7. The molecule has 0 saturated heterocycles. The summed E-state index contributed by atoms with van der Waals surface area (Å²) in [6.45, 7) is 1.90. The second-order valence-corrected chi connectivity index (χ2v) is 3.08. The lowest BCUT2D eigenvalue weighted by Crippen LogP contribution is -2.19. The summed E-state index contributed by atoms with van der Waals surface area (Å²) in [6.07, 6.45) is 0. The van der Waals surface area contributed by atoms with Gasteiger partial charge in [-0.05, 0) is 12.1 Å². The minimum atomic E-state index is -1.07. The van der Waals surface area contributed by atoms with Crippen LogP contribution < -0.4 is 5.32 Å². The molecule has 0 radical (unpaired) electrons. The van der Waals surface area contributed by atoms with Crippen molar-refractivity contribution in [3.8, 4) is 0 Å². The topological polar surface area (TPSA) is 91.9 Å². The maximum absolute atomic E-state index is 10.5.